The normalized spacial score (nSPS) is 17.0. The second kappa shape index (κ2) is 7.47. The molecule has 1 aliphatic rings. The molecule has 0 bridgehead atoms. The van der Waals surface area contributed by atoms with E-state index in [0.717, 1.165) is 37.5 Å². The third kappa shape index (κ3) is 3.94. The van der Waals surface area contributed by atoms with Crippen molar-refractivity contribution < 1.29 is 4.39 Å². The van der Waals surface area contributed by atoms with Crippen molar-refractivity contribution >= 4 is 5.96 Å². The van der Waals surface area contributed by atoms with E-state index in [0.29, 0.717) is 6.04 Å². The van der Waals surface area contributed by atoms with E-state index in [2.05, 4.69) is 34.1 Å². The summed E-state index contributed by atoms with van der Waals surface area (Å²) >= 11 is 0. The highest BCUT2D eigenvalue weighted by molar-refractivity contribution is 5.81. The third-order valence-corrected chi connectivity index (χ3v) is 4.39. The lowest BCUT2D eigenvalue weighted by Crippen LogP contribution is -2.44. The van der Waals surface area contributed by atoms with Crippen LogP contribution in [0, 0.1) is 5.82 Å². The van der Waals surface area contributed by atoms with Crippen molar-refractivity contribution in [2.24, 2.45) is 4.99 Å². The molecule has 0 N–H and O–H groups in total. The Balaban J connectivity index is 1.70. The molecule has 0 unspecified atom stereocenters. The monoisotopic (exact) mass is 325 g/mol. The van der Waals surface area contributed by atoms with Crippen molar-refractivity contribution in [3.63, 3.8) is 0 Å². The Hall–Kier alpha value is -2.36. The molecule has 3 rings (SSSR count). The van der Waals surface area contributed by atoms with Gasteiger partial charge < -0.3 is 9.80 Å². The largest absolute Gasteiger partial charge is 0.349 e. The van der Waals surface area contributed by atoms with E-state index in [1.165, 1.54) is 11.6 Å². The Morgan fingerprint density at radius 1 is 1.08 bits per heavy atom. The van der Waals surface area contributed by atoms with Gasteiger partial charge >= 0.3 is 0 Å². The molecule has 0 aliphatic carbocycles. The summed E-state index contributed by atoms with van der Waals surface area (Å²) in [6.45, 7) is 1.66. The molecule has 0 radical (unpaired) electrons. The Morgan fingerprint density at radius 3 is 2.54 bits per heavy atom. The van der Waals surface area contributed by atoms with Gasteiger partial charge in [0.05, 0.1) is 12.6 Å². The molecule has 2 aromatic carbocycles. The van der Waals surface area contributed by atoms with Crippen LogP contribution in [0.2, 0.25) is 0 Å². The maximum atomic E-state index is 13.4. The fourth-order valence-electron chi connectivity index (χ4n) is 3.22. The zero-order chi connectivity index (χ0) is 16.9. The van der Waals surface area contributed by atoms with Crippen molar-refractivity contribution in [3.8, 4) is 0 Å². The SMILES string of the molecule is CN(C)C1=NC[C@H](Cc2ccccc2)N1CCc1cccc(F)c1. The first-order valence-corrected chi connectivity index (χ1v) is 8.40. The van der Waals surface area contributed by atoms with Gasteiger partial charge in [-0.3, -0.25) is 4.99 Å². The van der Waals surface area contributed by atoms with Crippen LogP contribution < -0.4 is 0 Å². The Kier molecular flexibility index (Phi) is 5.14. The molecule has 3 nitrogen and oxygen atoms in total. The maximum absolute atomic E-state index is 13.4. The number of halogens is 1. The first kappa shape index (κ1) is 16.5. The molecular weight excluding hydrogens is 301 g/mol. The van der Waals surface area contributed by atoms with Gasteiger partial charge in [0.1, 0.15) is 5.82 Å². The van der Waals surface area contributed by atoms with Gasteiger partial charge in [0.15, 0.2) is 5.96 Å². The summed E-state index contributed by atoms with van der Waals surface area (Å²) in [7, 11) is 4.05. The smallest absolute Gasteiger partial charge is 0.196 e. The number of aliphatic imine (C=N–C) groups is 1. The molecule has 0 saturated carbocycles. The van der Waals surface area contributed by atoms with E-state index in [4.69, 9.17) is 4.99 Å². The van der Waals surface area contributed by atoms with Crippen LogP contribution in [0.5, 0.6) is 0 Å². The second-order valence-electron chi connectivity index (χ2n) is 6.45. The van der Waals surface area contributed by atoms with Crippen LogP contribution >= 0.6 is 0 Å². The van der Waals surface area contributed by atoms with Crippen LogP contribution in [0.15, 0.2) is 59.6 Å². The van der Waals surface area contributed by atoms with Crippen molar-refractivity contribution in [2.45, 2.75) is 18.9 Å². The first-order valence-electron chi connectivity index (χ1n) is 8.40. The molecule has 1 atom stereocenters. The average molecular weight is 325 g/mol. The van der Waals surface area contributed by atoms with Crippen molar-refractivity contribution in [2.75, 3.05) is 27.2 Å². The summed E-state index contributed by atoms with van der Waals surface area (Å²) in [6.07, 6.45) is 1.79. The van der Waals surface area contributed by atoms with E-state index in [1.807, 2.05) is 26.2 Å². The molecule has 0 amide bonds. The summed E-state index contributed by atoms with van der Waals surface area (Å²) in [5.74, 6) is 0.851. The first-order chi connectivity index (χ1) is 11.6. The molecule has 126 valence electrons. The van der Waals surface area contributed by atoms with Crippen molar-refractivity contribution in [1.82, 2.24) is 9.80 Å². The van der Waals surface area contributed by atoms with E-state index < -0.39 is 0 Å². The molecule has 0 fully saturated rings. The van der Waals surface area contributed by atoms with Gasteiger partial charge in [0.25, 0.3) is 0 Å². The highest BCUT2D eigenvalue weighted by atomic mass is 19.1. The van der Waals surface area contributed by atoms with Gasteiger partial charge in [0, 0.05) is 20.6 Å². The van der Waals surface area contributed by atoms with E-state index in [9.17, 15) is 4.39 Å². The van der Waals surface area contributed by atoms with Gasteiger partial charge in [0.2, 0.25) is 0 Å². The Morgan fingerprint density at radius 2 is 1.83 bits per heavy atom. The molecule has 1 aliphatic heterocycles. The number of nitrogens with zero attached hydrogens (tertiary/aromatic N) is 3. The minimum absolute atomic E-state index is 0.170. The van der Waals surface area contributed by atoms with Crippen molar-refractivity contribution in [1.29, 1.82) is 0 Å². The van der Waals surface area contributed by atoms with Crippen LogP contribution in [0.4, 0.5) is 4.39 Å². The Bertz CT molecular complexity index is 697. The minimum Gasteiger partial charge on any atom is -0.349 e. The maximum Gasteiger partial charge on any atom is 0.196 e. The highest BCUT2D eigenvalue weighted by Gasteiger charge is 2.28. The van der Waals surface area contributed by atoms with Crippen LogP contribution in [0.1, 0.15) is 11.1 Å². The summed E-state index contributed by atoms with van der Waals surface area (Å²) in [5, 5.41) is 0. The number of hydrogen-bond acceptors (Lipinski definition) is 3. The summed E-state index contributed by atoms with van der Waals surface area (Å²) in [4.78, 5) is 9.14. The molecule has 0 saturated heterocycles. The second-order valence-corrected chi connectivity index (χ2v) is 6.45. The summed E-state index contributed by atoms with van der Waals surface area (Å²) < 4.78 is 13.4. The zero-order valence-electron chi connectivity index (χ0n) is 14.3. The lowest BCUT2D eigenvalue weighted by molar-refractivity contribution is 0.314. The topological polar surface area (TPSA) is 18.8 Å². The number of benzene rings is 2. The number of rotatable bonds is 5. The fourth-order valence-corrected chi connectivity index (χ4v) is 3.22. The van der Waals surface area contributed by atoms with Gasteiger partial charge in [-0.25, -0.2) is 4.39 Å². The lowest BCUT2D eigenvalue weighted by Gasteiger charge is -2.31. The average Bonchev–Trinajstić information content (AvgIpc) is 2.97. The van der Waals surface area contributed by atoms with Crippen LogP contribution in [-0.2, 0) is 12.8 Å². The van der Waals surface area contributed by atoms with Gasteiger partial charge in [-0.2, -0.15) is 0 Å². The van der Waals surface area contributed by atoms with E-state index in [-0.39, 0.29) is 5.82 Å². The molecular formula is C20H24FN3. The van der Waals surface area contributed by atoms with Crippen LogP contribution in [0.25, 0.3) is 0 Å². The molecule has 0 aromatic heterocycles. The molecule has 4 heteroatoms. The minimum atomic E-state index is -0.170. The highest BCUT2D eigenvalue weighted by Crippen LogP contribution is 2.18. The van der Waals surface area contributed by atoms with Crippen molar-refractivity contribution in [3.05, 3.63) is 71.5 Å². The Labute approximate surface area is 143 Å². The molecule has 1 heterocycles. The fraction of sp³-hybridized carbons (Fsp3) is 0.350. The predicted octanol–water partition coefficient (Wildman–Crippen LogP) is 3.21. The number of guanidine groups is 1. The zero-order valence-corrected chi connectivity index (χ0v) is 14.3. The molecule has 2 aromatic rings. The van der Waals surface area contributed by atoms with E-state index in [1.54, 1.807) is 12.1 Å². The van der Waals surface area contributed by atoms with Gasteiger partial charge in [-0.15, -0.1) is 0 Å². The van der Waals surface area contributed by atoms with E-state index >= 15 is 0 Å². The van der Waals surface area contributed by atoms with Gasteiger partial charge in [-0.1, -0.05) is 42.5 Å². The molecule has 24 heavy (non-hydrogen) atoms. The number of hydrogen-bond donors (Lipinski definition) is 0. The quantitative estimate of drug-likeness (QED) is 0.840. The van der Waals surface area contributed by atoms with Crippen LogP contribution in [-0.4, -0.2) is 49.0 Å². The van der Waals surface area contributed by atoms with Crippen LogP contribution in [0.3, 0.4) is 0 Å². The van der Waals surface area contributed by atoms with Gasteiger partial charge in [-0.05, 0) is 36.1 Å². The predicted molar refractivity (Wildman–Crippen MR) is 96.7 cm³/mol. The lowest BCUT2D eigenvalue weighted by atomic mass is 10.0. The third-order valence-electron chi connectivity index (χ3n) is 4.39. The standard InChI is InChI=1S/C20H24FN3/c1-23(2)20-22-15-19(14-16-7-4-3-5-8-16)24(20)12-11-17-9-6-10-18(21)13-17/h3-10,13,19H,11-12,14-15H2,1-2H3/t19-/m0/s1. The molecule has 0 spiro atoms. The summed E-state index contributed by atoms with van der Waals surface area (Å²) in [6, 6.07) is 17.8. The summed E-state index contributed by atoms with van der Waals surface area (Å²) in [5.41, 5.74) is 2.35.